The second-order valence-electron chi connectivity index (χ2n) is 9.42. The van der Waals surface area contributed by atoms with Gasteiger partial charge in [0.2, 0.25) is 5.91 Å². The third-order valence-electron chi connectivity index (χ3n) is 7.42. The third kappa shape index (κ3) is 3.75. The van der Waals surface area contributed by atoms with Crippen LogP contribution in [0.3, 0.4) is 0 Å². The van der Waals surface area contributed by atoms with E-state index in [1.54, 1.807) is 55.7 Å². The first-order chi connectivity index (χ1) is 18.5. The Balaban J connectivity index is 1.47. The molecule has 3 atom stereocenters. The van der Waals surface area contributed by atoms with Gasteiger partial charge in [0.15, 0.2) is 6.10 Å². The first kappa shape index (κ1) is 24.7. The lowest BCUT2D eigenvalue weighted by Crippen LogP contribution is -2.37. The van der Waals surface area contributed by atoms with E-state index < -0.39 is 29.9 Å². The molecule has 0 N–H and O–H groups in total. The fraction of sp³-hybridized carbons (Fsp3) is 0.321. The molecule has 0 radical (unpaired) electrons. The van der Waals surface area contributed by atoms with Gasteiger partial charge in [-0.15, -0.1) is 11.3 Å². The zero-order valence-electron chi connectivity index (χ0n) is 20.8. The van der Waals surface area contributed by atoms with E-state index in [0.29, 0.717) is 38.3 Å². The summed E-state index contributed by atoms with van der Waals surface area (Å²) >= 11 is 7.50. The Bertz CT molecular complexity index is 1480. The van der Waals surface area contributed by atoms with Crippen molar-refractivity contribution in [2.75, 3.05) is 24.2 Å². The molecule has 1 aromatic heterocycles. The quantitative estimate of drug-likeness (QED) is 0.403. The Morgan fingerprint density at radius 3 is 2.53 bits per heavy atom. The fourth-order valence-corrected chi connectivity index (χ4v) is 7.10. The van der Waals surface area contributed by atoms with Crippen LogP contribution in [0.2, 0.25) is 5.02 Å². The number of carbonyl (C=O) groups is 2. The summed E-state index contributed by atoms with van der Waals surface area (Å²) < 4.78 is 11.0. The summed E-state index contributed by atoms with van der Waals surface area (Å²) in [6, 6.07) is 13.9. The SMILES string of the molecule is COc1ccc([C@H]2[C@@H]3C(=O)N(c4sc5c(c4C#N)CCCC5)C(=O)[C@@H]3ON2c2ccc(Cl)cc2)c(OC)c1. The molecule has 3 aliphatic rings. The van der Waals surface area contributed by atoms with Gasteiger partial charge in [-0.3, -0.25) is 14.4 Å². The molecule has 2 aliphatic heterocycles. The fourth-order valence-electron chi connectivity index (χ4n) is 5.63. The number of nitriles is 1. The molecule has 0 unspecified atom stereocenters. The van der Waals surface area contributed by atoms with Crippen molar-refractivity contribution in [3.05, 3.63) is 69.1 Å². The number of ether oxygens (including phenoxy) is 2. The van der Waals surface area contributed by atoms with Crippen LogP contribution in [0.1, 0.15) is 40.5 Å². The molecule has 3 aromatic rings. The van der Waals surface area contributed by atoms with Gasteiger partial charge in [-0.05, 0) is 67.6 Å². The number of rotatable bonds is 5. The largest absolute Gasteiger partial charge is 0.497 e. The molecule has 1 aliphatic carbocycles. The van der Waals surface area contributed by atoms with Gasteiger partial charge in [-0.25, -0.2) is 9.96 Å². The van der Waals surface area contributed by atoms with E-state index in [2.05, 4.69) is 6.07 Å². The van der Waals surface area contributed by atoms with E-state index in [1.165, 1.54) is 16.2 Å². The molecule has 0 spiro atoms. The predicted molar refractivity (Wildman–Crippen MR) is 143 cm³/mol. The highest BCUT2D eigenvalue weighted by Gasteiger charge is 2.61. The number of amides is 2. The van der Waals surface area contributed by atoms with Gasteiger partial charge in [-0.2, -0.15) is 5.26 Å². The molecular formula is C28H24ClN3O5S. The summed E-state index contributed by atoms with van der Waals surface area (Å²) in [5.74, 6) is -0.623. The van der Waals surface area contributed by atoms with Crippen LogP contribution < -0.4 is 19.4 Å². The molecule has 194 valence electrons. The van der Waals surface area contributed by atoms with Crippen LogP contribution in [0.25, 0.3) is 0 Å². The summed E-state index contributed by atoms with van der Waals surface area (Å²) in [6.07, 6.45) is 2.60. The van der Waals surface area contributed by atoms with Gasteiger partial charge < -0.3 is 9.47 Å². The van der Waals surface area contributed by atoms with Gasteiger partial charge in [0.25, 0.3) is 5.91 Å². The monoisotopic (exact) mass is 549 g/mol. The van der Waals surface area contributed by atoms with E-state index in [9.17, 15) is 14.9 Å². The van der Waals surface area contributed by atoms with E-state index in [1.807, 2.05) is 6.07 Å². The van der Waals surface area contributed by atoms with Crippen molar-refractivity contribution in [2.45, 2.75) is 37.8 Å². The average molecular weight is 550 g/mol. The molecule has 0 bridgehead atoms. The number of aryl methyl sites for hydroxylation is 1. The van der Waals surface area contributed by atoms with E-state index in [4.69, 9.17) is 25.9 Å². The minimum atomic E-state index is -1.05. The Hall–Kier alpha value is -3.58. The molecular weight excluding hydrogens is 526 g/mol. The minimum absolute atomic E-state index is 0.394. The number of imide groups is 1. The summed E-state index contributed by atoms with van der Waals surface area (Å²) in [7, 11) is 3.11. The zero-order valence-corrected chi connectivity index (χ0v) is 22.3. The molecule has 2 amide bonds. The minimum Gasteiger partial charge on any atom is -0.497 e. The Morgan fingerprint density at radius 1 is 1.05 bits per heavy atom. The topological polar surface area (TPSA) is 92.1 Å². The van der Waals surface area contributed by atoms with Gasteiger partial charge in [0, 0.05) is 21.5 Å². The molecule has 8 nitrogen and oxygen atoms in total. The molecule has 2 aromatic carbocycles. The number of fused-ring (bicyclic) bond motifs is 2. The predicted octanol–water partition coefficient (Wildman–Crippen LogP) is 5.22. The molecule has 6 rings (SSSR count). The van der Waals surface area contributed by atoms with Crippen molar-refractivity contribution in [1.29, 1.82) is 5.26 Å². The molecule has 2 saturated heterocycles. The maximum absolute atomic E-state index is 14.1. The van der Waals surface area contributed by atoms with Crippen LogP contribution in [0, 0.1) is 17.2 Å². The van der Waals surface area contributed by atoms with Gasteiger partial charge >= 0.3 is 0 Å². The molecule has 38 heavy (non-hydrogen) atoms. The van der Waals surface area contributed by atoms with E-state index in [0.717, 1.165) is 36.1 Å². The summed E-state index contributed by atoms with van der Waals surface area (Å²) in [6.45, 7) is 0. The van der Waals surface area contributed by atoms with Crippen molar-refractivity contribution >= 4 is 45.4 Å². The van der Waals surface area contributed by atoms with Gasteiger partial charge in [0.1, 0.15) is 28.5 Å². The maximum Gasteiger partial charge on any atom is 0.267 e. The van der Waals surface area contributed by atoms with Crippen LogP contribution in [0.5, 0.6) is 11.5 Å². The second-order valence-corrected chi connectivity index (χ2v) is 10.9. The smallest absolute Gasteiger partial charge is 0.267 e. The Morgan fingerprint density at radius 2 is 1.82 bits per heavy atom. The molecule has 2 fully saturated rings. The summed E-state index contributed by atoms with van der Waals surface area (Å²) in [5, 5.41) is 12.5. The van der Waals surface area contributed by atoms with Crippen LogP contribution in [-0.2, 0) is 27.3 Å². The van der Waals surface area contributed by atoms with E-state index in [-0.39, 0.29) is 0 Å². The average Bonchev–Trinajstić information content (AvgIpc) is 3.58. The number of hydrogen-bond donors (Lipinski definition) is 0. The normalized spacial score (nSPS) is 22.3. The van der Waals surface area contributed by atoms with Crippen molar-refractivity contribution in [2.24, 2.45) is 5.92 Å². The number of anilines is 2. The van der Waals surface area contributed by atoms with Crippen LogP contribution in [-0.4, -0.2) is 32.1 Å². The van der Waals surface area contributed by atoms with Gasteiger partial charge in [0.05, 0.1) is 31.5 Å². The molecule has 3 heterocycles. The number of benzene rings is 2. The lowest BCUT2D eigenvalue weighted by Gasteiger charge is -2.29. The highest BCUT2D eigenvalue weighted by molar-refractivity contribution is 7.17. The molecule has 10 heteroatoms. The maximum atomic E-state index is 14.1. The first-order valence-corrected chi connectivity index (χ1v) is 13.5. The van der Waals surface area contributed by atoms with Crippen molar-refractivity contribution in [3.63, 3.8) is 0 Å². The number of hydrogen-bond acceptors (Lipinski definition) is 8. The number of nitrogens with zero attached hydrogens (tertiary/aromatic N) is 3. The first-order valence-electron chi connectivity index (χ1n) is 12.3. The standard InChI is InChI=1S/C28H24ClN3O5S/c1-35-17-11-12-19(21(13-17)36-2)24-23-25(37-32(24)16-9-7-15(29)8-10-16)27(34)31(26(23)33)28-20(14-30)18-5-3-4-6-22(18)38-28/h7-13,23-25H,3-6H2,1-2H3/t23-,24-,25+/m0/s1. The van der Waals surface area contributed by atoms with Crippen molar-refractivity contribution in [3.8, 4) is 17.6 Å². The lowest BCUT2D eigenvalue weighted by atomic mass is 9.90. The second kappa shape index (κ2) is 9.62. The van der Waals surface area contributed by atoms with Crippen molar-refractivity contribution < 1.29 is 23.9 Å². The highest BCUT2D eigenvalue weighted by atomic mass is 35.5. The van der Waals surface area contributed by atoms with Gasteiger partial charge in [-0.1, -0.05) is 11.6 Å². The van der Waals surface area contributed by atoms with Crippen molar-refractivity contribution in [1.82, 2.24) is 0 Å². The zero-order chi connectivity index (χ0) is 26.6. The third-order valence-corrected chi connectivity index (χ3v) is 8.95. The highest BCUT2D eigenvalue weighted by Crippen LogP contribution is 2.52. The Kier molecular flexibility index (Phi) is 6.26. The number of carbonyl (C=O) groups excluding carboxylic acids is 2. The number of hydroxylamine groups is 1. The number of thiophene rings is 1. The summed E-state index contributed by atoms with van der Waals surface area (Å²) in [5.41, 5.74) is 2.71. The summed E-state index contributed by atoms with van der Waals surface area (Å²) in [4.78, 5) is 36.5. The van der Waals surface area contributed by atoms with Crippen LogP contribution in [0.15, 0.2) is 42.5 Å². The number of methoxy groups -OCH3 is 2. The van der Waals surface area contributed by atoms with E-state index >= 15 is 0 Å². The number of halogens is 1. The Labute approximate surface area is 228 Å². The van der Waals surface area contributed by atoms with Crippen LogP contribution >= 0.6 is 22.9 Å². The lowest BCUT2D eigenvalue weighted by molar-refractivity contribution is -0.126. The van der Waals surface area contributed by atoms with Crippen LogP contribution in [0.4, 0.5) is 10.7 Å². The molecule has 0 saturated carbocycles.